The zero-order valence-corrected chi connectivity index (χ0v) is 18.9. The van der Waals surface area contributed by atoms with Crippen LogP contribution >= 0.6 is 11.6 Å². The lowest BCUT2D eigenvalue weighted by Crippen LogP contribution is -2.39. The van der Waals surface area contributed by atoms with E-state index in [1.54, 1.807) is 30.3 Å². The minimum absolute atomic E-state index is 0.00278. The lowest BCUT2D eigenvalue weighted by atomic mass is 9.94. The van der Waals surface area contributed by atoms with Gasteiger partial charge in [-0.3, -0.25) is 9.59 Å². The third-order valence-electron chi connectivity index (χ3n) is 5.82. The molecule has 3 aromatic rings. The van der Waals surface area contributed by atoms with E-state index in [-0.39, 0.29) is 23.4 Å². The number of hydrogen-bond donors (Lipinski definition) is 1. The monoisotopic (exact) mass is 451 g/mol. The number of aromatic nitrogens is 1. The normalized spacial score (nSPS) is 16.2. The molecule has 1 atom stereocenters. The van der Waals surface area contributed by atoms with E-state index in [9.17, 15) is 9.59 Å². The molecule has 0 aliphatic carbocycles. The van der Waals surface area contributed by atoms with Crippen LogP contribution in [0.1, 0.15) is 70.7 Å². The maximum absolute atomic E-state index is 13.0. The molecule has 1 N–H and O–H groups in total. The highest BCUT2D eigenvalue weighted by Crippen LogP contribution is 2.29. The number of halogens is 1. The van der Waals surface area contributed by atoms with E-state index >= 15 is 0 Å². The zero-order valence-electron chi connectivity index (χ0n) is 18.2. The van der Waals surface area contributed by atoms with Crippen molar-refractivity contribution in [2.75, 3.05) is 18.4 Å². The fourth-order valence-electron chi connectivity index (χ4n) is 3.92. The summed E-state index contributed by atoms with van der Waals surface area (Å²) < 4.78 is 5.49. The molecule has 1 aliphatic heterocycles. The van der Waals surface area contributed by atoms with Crippen LogP contribution in [0, 0.1) is 0 Å². The smallest absolute Gasteiger partial charge is 0.277 e. The van der Waals surface area contributed by atoms with Crippen LogP contribution in [0.4, 0.5) is 5.69 Å². The van der Waals surface area contributed by atoms with E-state index in [1.807, 2.05) is 29.2 Å². The van der Waals surface area contributed by atoms with E-state index in [0.29, 0.717) is 41.0 Å². The molecule has 1 saturated heterocycles. The quantitative estimate of drug-likeness (QED) is 0.538. The van der Waals surface area contributed by atoms with Crippen molar-refractivity contribution in [2.24, 2.45) is 0 Å². The molecule has 0 radical (unpaired) electrons. The Morgan fingerprint density at radius 3 is 2.62 bits per heavy atom. The van der Waals surface area contributed by atoms with Gasteiger partial charge < -0.3 is 14.7 Å². The van der Waals surface area contributed by atoms with Crippen molar-refractivity contribution in [1.29, 1.82) is 0 Å². The molecule has 0 saturated carbocycles. The summed E-state index contributed by atoms with van der Waals surface area (Å²) >= 11 is 6.11. The van der Waals surface area contributed by atoms with Gasteiger partial charge in [-0.25, -0.2) is 0 Å². The Balaban J connectivity index is 1.42. The Morgan fingerprint density at radius 2 is 1.91 bits per heavy atom. The van der Waals surface area contributed by atoms with E-state index < -0.39 is 0 Å². The predicted molar refractivity (Wildman–Crippen MR) is 124 cm³/mol. The van der Waals surface area contributed by atoms with Crippen LogP contribution in [0.25, 0.3) is 0 Å². The van der Waals surface area contributed by atoms with Gasteiger partial charge in [0.05, 0.1) is 10.7 Å². The minimum atomic E-state index is -0.387. The summed E-state index contributed by atoms with van der Waals surface area (Å²) in [5.74, 6) is 0.663. The Bertz CT molecular complexity index is 1110. The van der Waals surface area contributed by atoms with Gasteiger partial charge in [-0.15, -0.1) is 0 Å². The minimum Gasteiger partial charge on any atom is -0.360 e. The molecule has 4 rings (SSSR count). The molecule has 1 aliphatic rings. The van der Waals surface area contributed by atoms with Gasteiger partial charge in [-0.05, 0) is 48.6 Å². The number of nitrogens with one attached hydrogen (secondary N) is 1. The lowest BCUT2D eigenvalue weighted by Gasteiger charge is -2.31. The Hall–Kier alpha value is -3.12. The van der Waals surface area contributed by atoms with Crippen molar-refractivity contribution in [3.05, 3.63) is 82.2 Å². The lowest BCUT2D eigenvalue weighted by molar-refractivity contribution is 0.0697. The first-order valence-corrected chi connectivity index (χ1v) is 11.2. The molecule has 6 nitrogen and oxygen atoms in total. The number of piperidine rings is 1. The highest BCUT2D eigenvalue weighted by molar-refractivity contribution is 6.33. The summed E-state index contributed by atoms with van der Waals surface area (Å²) in [7, 11) is 0. The number of amides is 2. The summed E-state index contributed by atoms with van der Waals surface area (Å²) in [6.45, 7) is 5.50. The van der Waals surface area contributed by atoms with Crippen LogP contribution in [0.3, 0.4) is 0 Å². The summed E-state index contributed by atoms with van der Waals surface area (Å²) in [4.78, 5) is 27.4. The van der Waals surface area contributed by atoms with Gasteiger partial charge in [0.15, 0.2) is 5.69 Å². The first-order chi connectivity index (χ1) is 15.4. The first-order valence-electron chi connectivity index (χ1n) is 10.8. The molecule has 2 amide bonds. The van der Waals surface area contributed by atoms with Gasteiger partial charge in [0.2, 0.25) is 0 Å². The topological polar surface area (TPSA) is 75.4 Å². The van der Waals surface area contributed by atoms with Crippen molar-refractivity contribution >= 4 is 29.1 Å². The Kier molecular flexibility index (Phi) is 6.61. The van der Waals surface area contributed by atoms with Crippen molar-refractivity contribution in [1.82, 2.24) is 10.1 Å². The maximum Gasteiger partial charge on any atom is 0.277 e. The van der Waals surface area contributed by atoms with Crippen LogP contribution in [0.2, 0.25) is 5.02 Å². The molecule has 1 fully saturated rings. The number of para-hydroxylation sites is 1. The molecule has 2 heterocycles. The van der Waals surface area contributed by atoms with Gasteiger partial charge in [0.25, 0.3) is 11.8 Å². The molecule has 1 aromatic heterocycles. The van der Waals surface area contributed by atoms with Crippen LogP contribution in [0.5, 0.6) is 0 Å². The van der Waals surface area contributed by atoms with E-state index in [0.717, 1.165) is 12.8 Å². The van der Waals surface area contributed by atoms with Crippen molar-refractivity contribution in [2.45, 2.75) is 38.5 Å². The van der Waals surface area contributed by atoms with Gasteiger partial charge in [-0.1, -0.05) is 54.9 Å². The molecule has 2 aromatic carbocycles. The average molecular weight is 452 g/mol. The highest BCUT2D eigenvalue weighted by atomic mass is 35.5. The maximum atomic E-state index is 13.0. The van der Waals surface area contributed by atoms with Gasteiger partial charge in [0.1, 0.15) is 5.76 Å². The summed E-state index contributed by atoms with van der Waals surface area (Å²) in [5.41, 5.74) is 2.60. The van der Waals surface area contributed by atoms with Crippen LogP contribution in [-0.4, -0.2) is 35.0 Å². The Labute approximate surface area is 192 Å². The van der Waals surface area contributed by atoms with Gasteiger partial charge in [0, 0.05) is 30.6 Å². The number of benzene rings is 2. The molecule has 0 spiro atoms. The number of carbonyl (C=O) groups is 2. The van der Waals surface area contributed by atoms with Gasteiger partial charge >= 0.3 is 0 Å². The molecule has 166 valence electrons. The highest BCUT2D eigenvalue weighted by Gasteiger charge is 2.29. The molecular weight excluding hydrogens is 426 g/mol. The second-order valence-electron chi connectivity index (χ2n) is 8.42. The standard InChI is InChI=1S/C25H26ClN3O3/c1-16(2)17-9-11-18(12-10-17)25(31)29-13-5-6-19(15-29)23-14-22(28-32-23)24(30)27-21-8-4-3-7-20(21)26/h3-4,7-12,14,16,19H,5-6,13,15H2,1-2H3,(H,27,30). The van der Waals surface area contributed by atoms with E-state index in [1.165, 1.54) is 5.56 Å². The predicted octanol–water partition coefficient (Wildman–Crippen LogP) is 5.72. The molecular formula is C25H26ClN3O3. The first kappa shape index (κ1) is 22.1. The van der Waals surface area contributed by atoms with Crippen molar-refractivity contribution in [3.8, 4) is 0 Å². The summed E-state index contributed by atoms with van der Waals surface area (Å²) in [6, 6.07) is 16.5. The van der Waals surface area contributed by atoms with Crippen molar-refractivity contribution < 1.29 is 14.1 Å². The third-order valence-corrected chi connectivity index (χ3v) is 6.15. The van der Waals surface area contributed by atoms with E-state index in [4.69, 9.17) is 16.1 Å². The van der Waals surface area contributed by atoms with E-state index in [2.05, 4.69) is 24.3 Å². The number of rotatable bonds is 5. The van der Waals surface area contributed by atoms with Gasteiger partial charge in [-0.2, -0.15) is 0 Å². The second kappa shape index (κ2) is 9.57. The van der Waals surface area contributed by atoms with Crippen LogP contribution in [0.15, 0.2) is 59.1 Å². The molecule has 0 bridgehead atoms. The average Bonchev–Trinajstić information content (AvgIpc) is 3.31. The molecule has 1 unspecified atom stereocenters. The van der Waals surface area contributed by atoms with Crippen molar-refractivity contribution in [3.63, 3.8) is 0 Å². The molecule has 7 heteroatoms. The number of anilines is 1. The third kappa shape index (κ3) is 4.86. The largest absolute Gasteiger partial charge is 0.360 e. The number of hydrogen-bond acceptors (Lipinski definition) is 4. The summed E-state index contributed by atoms with van der Waals surface area (Å²) in [6.07, 6.45) is 1.74. The second-order valence-corrected chi connectivity index (χ2v) is 8.82. The summed E-state index contributed by atoms with van der Waals surface area (Å²) in [5, 5.41) is 7.13. The fraction of sp³-hybridized carbons (Fsp3) is 0.320. The molecule has 32 heavy (non-hydrogen) atoms. The number of likely N-dealkylation sites (tertiary alicyclic amines) is 1. The van der Waals surface area contributed by atoms with Crippen LogP contribution < -0.4 is 5.32 Å². The Morgan fingerprint density at radius 1 is 1.16 bits per heavy atom. The zero-order chi connectivity index (χ0) is 22.7. The SMILES string of the molecule is CC(C)c1ccc(C(=O)N2CCCC(c3cc(C(=O)Nc4ccccc4Cl)no3)C2)cc1. The van der Waals surface area contributed by atoms with Crippen LogP contribution in [-0.2, 0) is 0 Å². The fourth-order valence-corrected chi connectivity index (χ4v) is 4.11. The number of carbonyl (C=O) groups excluding carboxylic acids is 2. The number of nitrogens with zero attached hydrogens (tertiary/aromatic N) is 2.